The Balaban J connectivity index is 1.47. The maximum Gasteiger partial charge on any atom is 0.422 e. The van der Waals surface area contributed by atoms with Gasteiger partial charge in [-0.2, -0.15) is 13.2 Å². The van der Waals surface area contributed by atoms with Gasteiger partial charge < -0.3 is 19.9 Å². The minimum absolute atomic E-state index is 0.0605. The van der Waals surface area contributed by atoms with Crippen molar-refractivity contribution in [3.8, 4) is 5.88 Å². The SMILES string of the molecule is CN=C(NCc1ccc(OCC(F)(F)F)nc1)N1CCN(c2ncccn2)CC1. The molecule has 156 valence electrons. The number of nitrogens with one attached hydrogen (secondary N) is 1. The van der Waals surface area contributed by atoms with Crippen LogP contribution in [0.4, 0.5) is 19.1 Å². The smallest absolute Gasteiger partial charge is 0.422 e. The molecule has 1 N–H and O–H groups in total. The molecule has 1 fully saturated rings. The van der Waals surface area contributed by atoms with Crippen LogP contribution in [0.25, 0.3) is 0 Å². The molecular formula is C18H22F3N7O. The van der Waals surface area contributed by atoms with Gasteiger partial charge >= 0.3 is 6.18 Å². The van der Waals surface area contributed by atoms with Crippen LogP contribution in [-0.2, 0) is 6.54 Å². The van der Waals surface area contributed by atoms with Crippen molar-refractivity contribution < 1.29 is 17.9 Å². The van der Waals surface area contributed by atoms with E-state index < -0.39 is 12.8 Å². The molecule has 0 radical (unpaired) electrons. The third kappa shape index (κ3) is 6.19. The van der Waals surface area contributed by atoms with Crippen LogP contribution in [0.5, 0.6) is 5.88 Å². The first-order chi connectivity index (χ1) is 13.9. The molecule has 0 amide bonds. The number of guanidine groups is 1. The monoisotopic (exact) mass is 409 g/mol. The molecule has 3 rings (SSSR count). The van der Waals surface area contributed by atoms with E-state index in [1.165, 1.54) is 12.3 Å². The Bertz CT molecular complexity index is 791. The maximum absolute atomic E-state index is 12.2. The molecule has 11 heteroatoms. The van der Waals surface area contributed by atoms with Gasteiger partial charge in [-0.05, 0) is 11.6 Å². The summed E-state index contributed by atoms with van der Waals surface area (Å²) in [5, 5.41) is 3.25. The normalized spacial score (nSPS) is 15.4. The first-order valence-corrected chi connectivity index (χ1v) is 9.06. The van der Waals surface area contributed by atoms with Crippen LogP contribution in [0.3, 0.4) is 0 Å². The average Bonchev–Trinajstić information content (AvgIpc) is 2.74. The predicted octanol–water partition coefficient (Wildman–Crippen LogP) is 1.71. The van der Waals surface area contributed by atoms with Gasteiger partial charge in [-0.15, -0.1) is 0 Å². The zero-order valence-electron chi connectivity index (χ0n) is 15.9. The molecule has 8 nitrogen and oxygen atoms in total. The molecule has 1 saturated heterocycles. The Hall–Kier alpha value is -3.11. The number of anilines is 1. The minimum Gasteiger partial charge on any atom is -0.468 e. The Morgan fingerprint density at radius 3 is 2.45 bits per heavy atom. The van der Waals surface area contributed by atoms with Crippen molar-refractivity contribution in [2.24, 2.45) is 4.99 Å². The number of rotatable bonds is 5. The summed E-state index contributed by atoms with van der Waals surface area (Å²) >= 11 is 0. The van der Waals surface area contributed by atoms with Crippen molar-refractivity contribution in [1.82, 2.24) is 25.2 Å². The van der Waals surface area contributed by atoms with E-state index in [1.807, 2.05) is 0 Å². The number of hydrogen-bond donors (Lipinski definition) is 1. The lowest BCUT2D eigenvalue weighted by Crippen LogP contribution is -2.52. The van der Waals surface area contributed by atoms with Crippen LogP contribution in [0, 0.1) is 0 Å². The molecule has 0 saturated carbocycles. The summed E-state index contributed by atoms with van der Waals surface area (Å²) in [7, 11) is 1.71. The molecule has 29 heavy (non-hydrogen) atoms. The average molecular weight is 409 g/mol. The quantitative estimate of drug-likeness (QED) is 0.595. The van der Waals surface area contributed by atoms with Gasteiger partial charge in [0.2, 0.25) is 11.8 Å². The zero-order valence-corrected chi connectivity index (χ0v) is 15.9. The number of nitrogens with zero attached hydrogens (tertiary/aromatic N) is 6. The number of pyridine rings is 1. The van der Waals surface area contributed by atoms with Crippen molar-refractivity contribution in [3.05, 3.63) is 42.4 Å². The molecule has 0 bridgehead atoms. The highest BCUT2D eigenvalue weighted by Crippen LogP contribution is 2.17. The van der Waals surface area contributed by atoms with Crippen molar-refractivity contribution in [1.29, 1.82) is 0 Å². The standard InChI is InChI=1S/C18H22F3N7O/c1-22-16(27-7-9-28(10-8-27)17-23-5-2-6-24-17)26-12-14-3-4-15(25-11-14)29-13-18(19,20)21/h2-6,11H,7-10,12-13H2,1H3,(H,22,26). The maximum atomic E-state index is 12.2. The summed E-state index contributed by atoms with van der Waals surface area (Å²) in [6, 6.07) is 4.88. The number of aliphatic imine (C=N–C) groups is 1. The molecule has 1 aliphatic rings. The van der Waals surface area contributed by atoms with Gasteiger partial charge in [-0.3, -0.25) is 4.99 Å². The van der Waals surface area contributed by atoms with E-state index in [9.17, 15) is 13.2 Å². The second-order valence-corrected chi connectivity index (χ2v) is 6.33. The fourth-order valence-corrected chi connectivity index (χ4v) is 2.84. The van der Waals surface area contributed by atoms with Gasteiger partial charge in [-0.1, -0.05) is 6.07 Å². The molecule has 2 aromatic rings. The largest absolute Gasteiger partial charge is 0.468 e. The molecule has 1 aliphatic heterocycles. The molecule has 0 unspecified atom stereocenters. The van der Waals surface area contributed by atoms with Crippen LogP contribution >= 0.6 is 0 Å². The zero-order chi connectivity index (χ0) is 20.7. The van der Waals surface area contributed by atoms with Crippen molar-refractivity contribution in [2.75, 3.05) is 44.7 Å². The molecule has 3 heterocycles. The lowest BCUT2D eigenvalue weighted by atomic mass is 10.3. The van der Waals surface area contributed by atoms with Gasteiger partial charge in [0.15, 0.2) is 12.6 Å². The number of ether oxygens (including phenoxy) is 1. The van der Waals surface area contributed by atoms with E-state index in [1.54, 1.807) is 31.6 Å². The summed E-state index contributed by atoms with van der Waals surface area (Å²) in [4.78, 5) is 21.0. The van der Waals surface area contributed by atoms with E-state index in [4.69, 9.17) is 0 Å². The fourth-order valence-electron chi connectivity index (χ4n) is 2.84. The Labute approximate surface area is 166 Å². The van der Waals surface area contributed by atoms with E-state index in [0.717, 1.165) is 37.7 Å². The lowest BCUT2D eigenvalue weighted by Gasteiger charge is -2.36. The number of alkyl halides is 3. The summed E-state index contributed by atoms with van der Waals surface area (Å²) in [5.74, 6) is 1.40. The molecule has 2 aromatic heterocycles. The van der Waals surface area contributed by atoms with Crippen LogP contribution in [0.1, 0.15) is 5.56 Å². The molecule has 0 aromatic carbocycles. The molecular weight excluding hydrogens is 387 g/mol. The second kappa shape index (κ2) is 9.39. The van der Waals surface area contributed by atoms with Crippen LogP contribution in [0.15, 0.2) is 41.8 Å². The highest BCUT2D eigenvalue weighted by atomic mass is 19.4. The summed E-state index contributed by atoms with van der Waals surface area (Å²) < 4.78 is 41.1. The van der Waals surface area contributed by atoms with Gasteiger partial charge in [-0.25, -0.2) is 15.0 Å². The van der Waals surface area contributed by atoms with Crippen molar-refractivity contribution in [3.63, 3.8) is 0 Å². The Morgan fingerprint density at radius 2 is 1.86 bits per heavy atom. The van der Waals surface area contributed by atoms with Gasteiger partial charge in [0.05, 0.1) is 0 Å². The molecule has 0 atom stereocenters. The van der Waals surface area contributed by atoms with Crippen LogP contribution < -0.4 is 15.0 Å². The summed E-state index contributed by atoms with van der Waals surface area (Å²) in [6.45, 7) is 2.17. The topological polar surface area (TPSA) is 78.8 Å². The van der Waals surface area contributed by atoms with Crippen molar-refractivity contribution >= 4 is 11.9 Å². The minimum atomic E-state index is -4.38. The number of hydrogen-bond acceptors (Lipinski definition) is 6. The third-order valence-electron chi connectivity index (χ3n) is 4.26. The van der Waals surface area contributed by atoms with E-state index in [2.05, 4.69) is 39.8 Å². The predicted molar refractivity (Wildman–Crippen MR) is 102 cm³/mol. The van der Waals surface area contributed by atoms with Gasteiger partial charge in [0.1, 0.15) is 0 Å². The Morgan fingerprint density at radius 1 is 1.14 bits per heavy atom. The summed E-state index contributed by atoms with van der Waals surface area (Å²) in [6.07, 6.45) is 0.549. The van der Waals surface area contributed by atoms with E-state index in [0.29, 0.717) is 12.5 Å². The van der Waals surface area contributed by atoms with E-state index >= 15 is 0 Å². The van der Waals surface area contributed by atoms with Gasteiger partial charge in [0.25, 0.3) is 0 Å². The first kappa shape index (κ1) is 20.6. The number of aromatic nitrogens is 3. The Kier molecular flexibility index (Phi) is 6.68. The highest BCUT2D eigenvalue weighted by Gasteiger charge is 2.28. The number of halogens is 3. The van der Waals surface area contributed by atoms with Crippen LogP contribution in [-0.4, -0.2) is 71.8 Å². The number of piperazine rings is 1. The molecule has 0 spiro atoms. The van der Waals surface area contributed by atoms with Crippen LogP contribution in [0.2, 0.25) is 0 Å². The highest BCUT2D eigenvalue weighted by molar-refractivity contribution is 5.80. The molecule has 0 aliphatic carbocycles. The lowest BCUT2D eigenvalue weighted by molar-refractivity contribution is -0.154. The van der Waals surface area contributed by atoms with Gasteiger partial charge in [0, 0.05) is 64.4 Å². The van der Waals surface area contributed by atoms with E-state index in [-0.39, 0.29) is 5.88 Å². The first-order valence-electron chi connectivity index (χ1n) is 9.06. The third-order valence-corrected chi connectivity index (χ3v) is 4.26. The fraction of sp³-hybridized carbons (Fsp3) is 0.444. The second-order valence-electron chi connectivity index (χ2n) is 6.33. The van der Waals surface area contributed by atoms with Crippen molar-refractivity contribution in [2.45, 2.75) is 12.7 Å². The summed E-state index contributed by atoms with van der Waals surface area (Å²) in [5.41, 5.74) is 0.807.